The Labute approximate surface area is 143 Å². The van der Waals surface area contributed by atoms with Gasteiger partial charge >= 0.3 is 0 Å². The smallest absolute Gasteiger partial charge is 0.255 e. The quantitative estimate of drug-likeness (QED) is 0.847. The summed E-state index contributed by atoms with van der Waals surface area (Å²) in [5, 5.41) is 2.11. The summed E-state index contributed by atoms with van der Waals surface area (Å²) in [4.78, 5) is 18.9. The van der Waals surface area contributed by atoms with E-state index < -0.39 is 0 Å². The molecule has 0 radical (unpaired) electrons. The van der Waals surface area contributed by atoms with E-state index in [1.165, 1.54) is 16.9 Å². The van der Waals surface area contributed by atoms with Crippen molar-refractivity contribution in [1.82, 2.24) is 9.80 Å². The predicted octanol–water partition coefficient (Wildman–Crippen LogP) is 2.67. The minimum Gasteiger partial charge on any atom is -0.383 e. The molecule has 3 rings (SSSR count). The van der Waals surface area contributed by atoms with Crippen LogP contribution in [0, 0.1) is 5.92 Å². The third-order valence-electron chi connectivity index (χ3n) is 5.12. The highest BCUT2D eigenvalue weighted by molar-refractivity contribution is 7.10. The van der Waals surface area contributed by atoms with Gasteiger partial charge in [-0.15, -0.1) is 11.3 Å². The van der Waals surface area contributed by atoms with Crippen molar-refractivity contribution < 1.29 is 9.53 Å². The minimum atomic E-state index is 0.255. The summed E-state index contributed by atoms with van der Waals surface area (Å²) in [7, 11) is 1.74. The summed E-state index contributed by atoms with van der Waals surface area (Å²) < 4.78 is 5.17. The van der Waals surface area contributed by atoms with E-state index in [0.29, 0.717) is 0 Å². The van der Waals surface area contributed by atoms with E-state index in [1.807, 2.05) is 0 Å². The van der Waals surface area contributed by atoms with Gasteiger partial charge in [-0.2, -0.15) is 0 Å². The third-order valence-corrected chi connectivity index (χ3v) is 6.17. The van der Waals surface area contributed by atoms with Crippen LogP contribution >= 0.6 is 11.3 Å². The zero-order valence-corrected chi connectivity index (χ0v) is 15.2. The van der Waals surface area contributed by atoms with Crippen molar-refractivity contribution in [2.75, 3.05) is 46.4 Å². The molecule has 0 aromatic carbocycles. The molecule has 23 heavy (non-hydrogen) atoms. The van der Waals surface area contributed by atoms with Crippen molar-refractivity contribution in [3.05, 3.63) is 21.4 Å². The number of hydrogen-bond acceptors (Lipinski definition) is 4. The van der Waals surface area contributed by atoms with E-state index in [9.17, 15) is 4.79 Å². The number of thiophene rings is 1. The Morgan fingerprint density at radius 1 is 1.35 bits per heavy atom. The topological polar surface area (TPSA) is 32.8 Å². The molecule has 0 bridgehead atoms. The maximum Gasteiger partial charge on any atom is 0.255 e. The minimum absolute atomic E-state index is 0.255. The molecule has 1 amide bonds. The van der Waals surface area contributed by atoms with Gasteiger partial charge in [0.25, 0.3) is 5.91 Å². The van der Waals surface area contributed by atoms with Gasteiger partial charge in [-0.25, -0.2) is 0 Å². The summed E-state index contributed by atoms with van der Waals surface area (Å²) in [5.74, 6) is 1.02. The molecule has 0 unspecified atom stereocenters. The second-order valence-corrected chi connectivity index (χ2v) is 7.84. The zero-order chi connectivity index (χ0) is 16.2. The second kappa shape index (κ2) is 7.77. The first-order valence-corrected chi connectivity index (χ1v) is 9.66. The average Bonchev–Trinajstić information content (AvgIpc) is 2.81. The first-order valence-electron chi connectivity index (χ1n) is 8.79. The van der Waals surface area contributed by atoms with Crippen molar-refractivity contribution in [3.8, 4) is 0 Å². The SMILES string of the molecule is COCCN1CCCN(C(=O)c2csc3c2CC[C@@H](C)C3)CC1. The number of nitrogens with zero attached hydrogens (tertiary/aromatic N) is 2. The number of ether oxygens (including phenoxy) is 1. The average molecular weight is 337 g/mol. The lowest BCUT2D eigenvalue weighted by Gasteiger charge is -2.23. The molecule has 1 saturated heterocycles. The van der Waals surface area contributed by atoms with Crippen LogP contribution in [0.4, 0.5) is 0 Å². The molecule has 4 nitrogen and oxygen atoms in total. The summed E-state index contributed by atoms with van der Waals surface area (Å²) in [6, 6.07) is 0. The predicted molar refractivity (Wildman–Crippen MR) is 94.3 cm³/mol. The zero-order valence-electron chi connectivity index (χ0n) is 14.3. The van der Waals surface area contributed by atoms with E-state index in [4.69, 9.17) is 4.74 Å². The normalized spacial score (nSPS) is 22.7. The summed E-state index contributed by atoms with van der Waals surface area (Å²) in [6.07, 6.45) is 4.50. The number of rotatable bonds is 4. The molecule has 1 aliphatic heterocycles. The van der Waals surface area contributed by atoms with Gasteiger partial charge in [-0.05, 0) is 43.7 Å². The Morgan fingerprint density at radius 2 is 2.22 bits per heavy atom. The molecular weight excluding hydrogens is 308 g/mol. The first kappa shape index (κ1) is 16.9. The monoisotopic (exact) mass is 336 g/mol. The lowest BCUT2D eigenvalue weighted by molar-refractivity contribution is 0.0758. The van der Waals surface area contributed by atoms with Gasteiger partial charge in [0, 0.05) is 43.5 Å². The van der Waals surface area contributed by atoms with Crippen LogP contribution in [0.25, 0.3) is 0 Å². The molecule has 0 N–H and O–H groups in total. The number of fused-ring (bicyclic) bond motifs is 1. The highest BCUT2D eigenvalue weighted by Gasteiger charge is 2.27. The van der Waals surface area contributed by atoms with Crippen LogP contribution in [0.1, 0.15) is 40.6 Å². The maximum absolute atomic E-state index is 13.0. The molecule has 1 aromatic rings. The Bertz CT molecular complexity index is 543. The van der Waals surface area contributed by atoms with Crippen molar-refractivity contribution in [3.63, 3.8) is 0 Å². The van der Waals surface area contributed by atoms with Gasteiger partial charge in [0.1, 0.15) is 0 Å². The molecule has 1 fully saturated rings. The van der Waals surface area contributed by atoms with Crippen molar-refractivity contribution in [2.45, 2.75) is 32.6 Å². The Hall–Kier alpha value is -0.910. The van der Waals surface area contributed by atoms with E-state index in [-0.39, 0.29) is 5.91 Å². The fraction of sp³-hybridized carbons (Fsp3) is 0.722. The molecule has 0 saturated carbocycles. The largest absolute Gasteiger partial charge is 0.383 e. The summed E-state index contributed by atoms with van der Waals surface area (Å²) >= 11 is 1.79. The number of carbonyl (C=O) groups excluding carboxylic acids is 1. The number of hydrogen-bond donors (Lipinski definition) is 0. The van der Waals surface area contributed by atoms with Gasteiger partial charge in [-0.1, -0.05) is 6.92 Å². The number of methoxy groups -OCH3 is 1. The highest BCUT2D eigenvalue weighted by atomic mass is 32.1. The van der Waals surface area contributed by atoms with Crippen LogP contribution in [-0.4, -0.2) is 62.1 Å². The fourth-order valence-electron chi connectivity index (χ4n) is 3.65. The van der Waals surface area contributed by atoms with Crippen molar-refractivity contribution in [2.24, 2.45) is 5.92 Å². The van der Waals surface area contributed by atoms with Crippen LogP contribution in [-0.2, 0) is 17.6 Å². The fourth-order valence-corrected chi connectivity index (χ4v) is 4.88. The lowest BCUT2D eigenvalue weighted by Crippen LogP contribution is -2.36. The van der Waals surface area contributed by atoms with Gasteiger partial charge < -0.3 is 9.64 Å². The van der Waals surface area contributed by atoms with Crippen molar-refractivity contribution >= 4 is 17.2 Å². The Balaban J connectivity index is 1.64. The van der Waals surface area contributed by atoms with Crippen LogP contribution < -0.4 is 0 Å². The molecule has 1 aromatic heterocycles. The summed E-state index contributed by atoms with van der Waals surface area (Å²) in [6.45, 7) is 7.78. The van der Waals surface area contributed by atoms with Gasteiger partial charge in [0.05, 0.1) is 12.2 Å². The van der Waals surface area contributed by atoms with Crippen molar-refractivity contribution in [1.29, 1.82) is 0 Å². The number of amides is 1. The van der Waals surface area contributed by atoms with Crippen LogP contribution in [0.2, 0.25) is 0 Å². The van der Waals surface area contributed by atoms with Gasteiger partial charge in [0.15, 0.2) is 0 Å². The van der Waals surface area contributed by atoms with E-state index in [2.05, 4.69) is 22.1 Å². The molecular formula is C18H28N2O2S. The lowest BCUT2D eigenvalue weighted by atomic mass is 9.88. The molecule has 1 atom stereocenters. The van der Waals surface area contributed by atoms with E-state index in [0.717, 1.165) is 70.1 Å². The Kier molecular flexibility index (Phi) is 5.72. The van der Waals surface area contributed by atoms with Crippen LogP contribution in [0.5, 0.6) is 0 Å². The molecule has 5 heteroatoms. The first-order chi connectivity index (χ1) is 11.2. The molecule has 1 aliphatic carbocycles. The van der Waals surface area contributed by atoms with E-state index >= 15 is 0 Å². The van der Waals surface area contributed by atoms with Gasteiger partial charge in [-0.3, -0.25) is 9.69 Å². The molecule has 2 aliphatic rings. The van der Waals surface area contributed by atoms with E-state index in [1.54, 1.807) is 18.4 Å². The summed E-state index contributed by atoms with van der Waals surface area (Å²) in [5.41, 5.74) is 2.33. The van der Waals surface area contributed by atoms with Gasteiger partial charge in [0.2, 0.25) is 0 Å². The standard InChI is InChI=1S/C18H28N2O2S/c1-14-4-5-15-16(13-23-17(15)12-14)18(21)20-7-3-6-19(8-9-20)10-11-22-2/h13-14H,3-12H2,1-2H3/t14-/m1/s1. The second-order valence-electron chi connectivity index (χ2n) is 6.88. The Morgan fingerprint density at radius 3 is 3.04 bits per heavy atom. The number of carbonyl (C=O) groups is 1. The maximum atomic E-state index is 13.0. The van der Waals surface area contributed by atoms with Crippen LogP contribution in [0.3, 0.4) is 0 Å². The molecule has 0 spiro atoms. The third kappa shape index (κ3) is 3.95. The molecule has 2 heterocycles. The van der Waals surface area contributed by atoms with Crippen LogP contribution in [0.15, 0.2) is 5.38 Å². The highest BCUT2D eigenvalue weighted by Crippen LogP contribution is 2.33. The molecule has 128 valence electrons.